The first-order valence-corrected chi connectivity index (χ1v) is 12.7. The first-order chi connectivity index (χ1) is 13.8. The fourth-order valence-corrected chi connectivity index (χ4v) is 8.59. The average molecular weight is 401 g/mol. The van der Waals surface area contributed by atoms with E-state index in [2.05, 4.69) is 33.8 Å². The fourth-order valence-electron chi connectivity index (χ4n) is 8.59. The lowest BCUT2D eigenvalue weighted by atomic mass is 9.46. The summed E-state index contributed by atoms with van der Waals surface area (Å²) in [6.07, 6.45) is 16.5. The van der Waals surface area contributed by atoms with Crippen LogP contribution < -0.4 is 0 Å². The Morgan fingerprint density at radius 3 is 2.62 bits per heavy atom. The van der Waals surface area contributed by atoms with E-state index in [0.29, 0.717) is 17.3 Å². The van der Waals surface area contributed by atoms with Crippen molar-refractivity contribution in [2.75, 3.05) is 0 Å². The Morgan fingerprint density at radius 1 is 1.10 bits per heavy atom. The lowest BCUT2D eigenvalue weighted by Crippen LogP contribution is -2.52. The molecule has 29 heavy (non-hydrogen) atoms. The normalized spacial score (nSPS) is 45.2. The first-order valence-electron chi connectivity index (χ1n) is 12.7. The van der Waals surface area contributed by atoms with Gasteiger partial charge in [-0.25, -0.2) is 0 Å². The van der Waals surface area contributed by atoms with Gasteiger partial charge < -0.3 is 9.90 Å². The SMILES string of the molecule is CC(C)CCC[C@@H](C)[C@H]1CC[C@@H]2[C@@H]3CC=C4C[C@@H](O)CC[C@]4(C=O)[C@H]3CC[C@@]21C. The van der Waals surface area contributed by atoms with E-state index < -0.39 is 0 Å². The molecule has 1 N–H and O–H groups in total. The van der Waals surface area contributed by atoms with Crippen LogP contribution in [0.3, 0.4) is 0 Å². The van der Waals surface area contributed by atoms with Crippen LogP contribution in [0.25, 0.3) is 0 Å². The molecule has 0 unspecified atom stereocenters. The van der Waals surface area contributed by atoms with Crippen LogP contribution in [0.5, 0.6) is 0 Å². The molecule has 2 heteroatoms. The summed E-state index contributed by atoms with van der Waals surface area (Å²) in [5.41, 5.74) is 1.51. The maximum atomic E-state index is 12.5. The number of rotatable bonds is 6. The maximum absolute atomic E-state index is 12.5. The Morgan fingerprint density at radius 2 is 1.90 bits per heavy atom. The number of carbonyl (C=O) groups excluding carboxylic acids is 1. The number of carbonyl (C=O) groups is 1. The van der Waals surface area contributed by atoms with Gasteiger partial charge in [0.15, 0.2) is 0 Å². The van der Waals surface area contributed by atoms with Crippen LogP contribution in [-0.2, 0) is 4.79 Å². The average Bonchev–Trinajstić information content (AvgIpc) is 3.04. The van der Waals surface area contributed by atoms with E-state index in [0.717, 1.165) is 49.4 Å². The Kier molecular flexibility index (Phi) is 6.06. The monoisotopic (exact) mass is 400 g/mol. The van der Waals surface area contributed by atoms with E-state index in [1.165, 1.54) is 56.8 Å². The molecule has 0 spiro atoms. The van der Waals surface area contributed by atoms with Gasteiger partial charge in [0.1, 0.15) is 6.29 Å². The lowest BCUT2D eigenvalue weighted by Gasteiger charge is -2.57. The van der Waals surface area contributed by atoms with Gasteiger partial charge in [-0.3, -0.25) is 0 Å². The molecular weight excluding hydrogens is 356 g/mol. The van der Waals surface area contributed by atoms with E-state index in [1.54, 1.807) is 0 Å². The summed E-state index contributed by atoms with van der Waals surface area (Å²) in [4.78, 5) is 12.5. The van der Waals surface area contributed by atoms with Crippen molar-refractivity contribution in [2.24, 2.45) is 46.3 Å². The van der Waals surface area contributed by atoms with Crippen LogP contribution in [-0.4, -0.2) is 17.5 Å². The second kappa shape index (κ2) is 8.13. The van der Waals surface area contributed by atoms with Crippen molar-refractivity contribution in [1.82, 2.24) is 0 Å². The molecule has 4 aliphatic carbocycles. The van der Waals surface area contributed by atoms with Crippen molar-refractivity contribution in [3.05, 3.63) is 11.6 Å². The zero-order valence-electron chi connectivity index (χ0n) is 19.3. The van der Waals surface area contributed by atoms with Gasteiger partial charge >= 0.3 is 0 Å². The van der Waals surface area contributed by atoms with Gasteiger partial charge in [0, 0.05) is 0 Å². The number of hydrogen-bond donors (Lipinski definition) is 1. The highest BCUT2D eigenvalue weighted by atomic mass is 16.3. The van der Waals surface area contributed by atoms with Crippen molar-refractivity contribution in [3.63, 3.8) is 0 Å². The molecule has 0 aromatic heterocycles. The van der Waals surface area contributed by atoms with E-state index >= 15 is 0 Å². The third kappa shape index (κ3) is 3.56. The topological polar surface area (TPSA) is 37.3 Å². The zero-order valence-corrected chi connectivity index (χ0v) is 19.3. The van der Waals surface area contributed by atoms with E-state index in [1.807, 2.05) is 0 Å². The number of aldehydes is 1. The minimum Gasteiger partial charge on any atom is -0.393 e. The van der Waals surface area contributed by atoms with Gasteiger partial charge in [-0.15, -0.1) is 0 Å². The number of hydrogen-bond acceptors (Lipinski definition) is 2. The molecule has 8 atom stereocenters. The Balaban J connectivity index is 1.52. The Hall–Kier alpha value is -0.630. The van der Waals surface area contributed by atoms with Crippen LogP contribution >= 0.6 is 0 Å². The summed E-state index contributed by atoms with van der Waals surface area (Å²) in [7, 11) is 0. The molecule has 4 aliphatic rings. The lowest BCUT2D eigenvalue weighted by molar-refractivity contribution is -0.127. The second-order valence-corrected chi connectivity index (χ2v) is 11.9. The van der Waals surface area contributed by atoms with E-state index in [-0.39, 0.29) is 11.5 Å². The van der Waals surface area contributed by atoms with Crippen molar-refractivity contribution in [2.45, 2.75) is 104 Å². The predicted octanol–water partition coefficient (Wildman–Crippen LogP) is 6.57. The second-order valence-electron chi connectivity index (χ2n) is 11.9. The first kappa shape index (κ1) is 21.6. The minimum atomic E-state index is -0.246. The highest BCUT2D eigenvalue weighted by molar-refractivity contribution is 5.67. The smallest absolute Gasteiger partial charge is 0.130 e. The van der Waals surface area contributed by atoms with Crippen LogP contribution in [0.4, 0.5) is 0 Å². The quantitative estimate of drug-likeness (QED) is 0.404. The number of aliphatic hydroxyl groups is 1. The molecule has 164 valence electrons. The molecule has 0 saturated heterocycles. The summed E-state index contributed by atoms with van der Waals surface area (Å²) in [6.45, 7) is 9.83. The summed E-state index contributed by atoms with van der Waals surface area (Å²) < 4.78 is 0. The van der Waals surface area contributed by atoms with Crippen molar-refractivity contribution in [1.29, 1.82) is 0 Å². The molecule has 3 fully saturated rings. The fraction of sp³-hybridized carbons (Fsp3) is 0.889. The molecule has 0 aromatic carbocycles. The number of fused-ring (bicyclic) bond motifs is 5. The largest absolute Gasteiger partial charge is 0.393 e. The molecule has 0 aromatic rings. The number of aliphatic hydroxyl groups excluding tert-OH is 1. The summed E-state index contributed by atoms with van der Waals surface area (Å²) in [6, 6.07) is 0. The molecule has 0 heterocycles. The minimum absolute atomic E-state index is 0.234. The van der Waals surface area contributed by atoms with Gasteiger partial charge in [-0.05, 0) is 92.3 Å². The summed E-state index contributed by atoms with van der Waals surface area (Å²) in [5.74, 6) is 4.53. The highest BCUT2D eigenvalue weighted by Crippen LogP contribution is 2.67. The van der Waals surface area contributed by atoms with Gasteiger partial charge in [0.2, 0.25) is 0 Å². The molecule has 0 bridgehead atoms. The third-order valence-corrected chi connectivity index (χ3v) is 10.1. The molecule has 3 saturated carbocycles. The standard InChI is InChI=1S/C27H44O2/c1-18(2)6-5-7-19(3)23-10-11-24-22-9-8-20-16-21(29)12-15-27(20,17-28)25(22)13-14-26(23,24)4/h8,17-19,21-25,29H,5-7,9-16H2,1-4H3/t19-,21+,22+,23-,24-,25+,26-,27-/m1/s1. The maximum Gasteiger partial charge on any atom is 0.130 e. The summed E-state index contributed by atoms with van der Waals surface area (Å²) in [5, 5.41) is 10.2. The van der Waals surface area contributed by atoms with Crippen molar-refractivity contribution in [3.8, 4) is 0 Å². The molecule has 2 nitrogen and oxygen atoms in total. The van der Waals surface area contributed by atoms with E-state index in [4.69, 9.17) is 0 Å². The van der Waals surface area contributed by atoms with Crippen LogP contribution in [0.15, 0.2) is 11.6 Å². The van der Waals surface area contributed by atoms with Crippen molar-refractivity contribution < 1.29 is 9.90 Å². The van der Waals surface area contributed by atoms with Crippen LogP contribution in [0.2, 0.25) is 0 Å². The third-order valence-electron chi connectivity index (χ3n) is 10.1. The highest BCUT2D eigenvalue weighted by Gasteiger charge is 2.60. The van der Waals surface area contributed by atoms with Gasteiger partial charge in [0.25, 0.3) is 0 Å². The number of allylic oxidation sites excluding steroid dienone is 1. The summed E-state index contributed by atoms with van der Waals surface area (Å²) >= 11 is 0. The zero-order chi connectivity index (χ0) is 20.8. The van der Waals surface area contributed by atoms with Gasteiger partial charge in [-0.1, -0.05) is 58.6 Å². The molecule has 0 aliphatic heterocycles. The Labute approximate surface area is 178 Å². The molecular formula is C27H44O2. The van der Waals surface area contributed by atoms with E-state index in [9.17, 15) is 9.90 Å². The molecule has 0 amide bonds. The van der Waals surface area contributed by atoms with Gasteiger partial charge in [0.05, 0.1) is 11.5 Å². The van der Waals surface area contributed by atoms with Crippen molar-refractivity contribution >= 4 is 6.29 Å². The predicted molar refractivity (Wildman–Crippen MR) is 119 cm³/mol. The Bertz CT molecular complexity index is 636. The molecule has 0 radical (unpaired) electrons. The van der Waals surface area contributed by atoms with Crippen LogP contribution in [0, 0.1) is 46.3 Å². The van der Waals surface area contributed by atoms with Gasteiger partial charge in [-0.2, -0.15) is 0 Å². The van der Waals surface area contributed by atoms with Crippen LogP contribution in [0.1, 0.15) is 98.3 Å². The molecule has 4 rings (SSSR count).